The molecule has 2 unspecified atom stereocenters. The Morgan fingerprint density at radius 2 is 1.36 bits per heavy atom. The van der Waals surface area contributed by atoms with Crippen LogP contribution in [0.2, 0.25) is 0 Å². The third-order valence-electron chi connectivity index (χ3n) is 5.14. The molecule has 0 fully saturated rings. The Bertz CT molecular complexity index is 1090. The van der Waals surface area contributed by atoms with E-state index in [1.165, 1.54) is 0 Å². The van der Waals surface area contributed by atoms with E-state index in [4.69, 9.17) is 4.74 Å². The average Bonchev–Trinajstić information content (AvgIpc) is 2.82. The summed E-state index contributed by atoms with van der Waals surface area (Å²) < 4.78 is 18.7. The van der Waals surface area contributed by atoms with E-state index in [0.717, 1.165) is 11.1 Å². The van der Waals surface area contributed by atoms with Gasteiger partial charge in [-0.25, -0.2) is 4.79 Å². The molecule has 0 aliphatic rings. The maximum atomic E-state index is 13.5. The molecule has 1 amide bonds. The third-order valence-corrected chi connectivity index (χ3v) is 7.34. The smallest absolute Gasteiger partial charge is 0.408 e. The fraction of sp³-hybridized carbons (Fsp3) is 0.200. The van der Waals surface area contributed by atoms with Gasteiger partial charge in [0.1, 0.15) is 12.4 Å². The molecule has 3 aromatic carbocycles. The topological polar surface area (TPSA) is 113 Å². The molecule has 0 aliphatic heterocycles. The average molecular weight is 467 g/mol. The van der Waals surface area contributed by atoms with Gasteiger partial charge in [0.05, 0.1) is 5.92 Å². The zero-order chi connectivity index (χ0) is 23.7. The Balaban J connectivity index is 1.77. The fourth-order valence-electron chi connectivity index (χ4n) is 3.48. The number of carboxylic acid groups (broad SMARTS) is 1. The van der Waals surface area contributed by atoms with Crippen molar-refractivity contribution < 1.29 is 28.9 Å². The summed E-state index contributed by atoms with van der Waals surface area (Å²) in [5.41, 5.74) is 1.91. The number of hydrogen-bond acceptors (Lipinski definition) is 4. The number of carbonyl (C=O) groups excluding carboxylic acids is 1. The van der Waals surface area contributed by atoms with Gasteiger partial charge in [-0.05, 0) is 23.1 Å². The van der Waals surface area contributed by atoms with Crippen molar-refractivity contribution in [1.29, 1.82) is 0 Å². The normalized spacial score (nSPS) is 14.5. The van der Waals surface area contributed by atoms with Crippen LogP contribution in [0.1, 0.15) is 22.5 Å². The molecule has 0 radical (unpaired) electrons. The Kier molecular flexibility index (Phi) is 8.41. The molecule has 0 aromatic heterocycles. The maximum absolute atomic E-state index is 13.5. The lowest BCUT2D eigenvalue weighted by molar-refractivity contribution is -0.141. The van der Waals surface area contributed by atoms with Crippen molar-refractivity contribution in [2.45, 2.75) is 18.8 Å². The summed E-state index contributed by atoms with van der Waals surface area (Å²) >= 11 is 0. The number of aliphatic carboxylic acids is 1. The summed E-state index contributed by atoms with van der Waals surface area (Å²) in [4.78, 5) is 35.3. The molecule has 3 rings (SSSR count). The van der Waals surface area contributed by atoms with Crippen LogP contribution < -0.4 is 5.32 Å². The number of rotatable bonds is 10. The number of carbonyl (C=O) groups is 2. The van der Waals surface area contributed by atoms with Crippen LogP contribution in [0.3, 0.4) is 0 Å². The van der Waals surface area contributed by atoms with E-state index in [9.17, 15) is 24.2 Å². The number of hydrogen-bond donors (Lipinski definition) is 3. The summed E-state index contributed by atoms with van der Waals surface area (Å²) in [5.74, 6) is -3.58. The van der Waals surface area contributed by atoms with Crippen LogP contribution >= 0.6 is 7.37 Å². The number of benzene rings is 3. The van der Waals surface area contributed by atoms with Gasteiger partial charge >= 0.3 is 12.1 Å². The molecule has 3 N–H and O–H groups in total. The highest BCUT2D eigenvalue weighted by molar-refractivity contribution is 7.58. The highest BCUT2D eigenvalue weighted by Crippen LogP contribution is 2.55. The first kappa shape index (κ1) is 24.2. The van der Waals surface area contributed by atoms with E-state index in [1.807, 2.05) is 24.3 Å². The van der Waals surface area contributed by atoms with E-state index in [-0.39, 0.29) is 13.0 Å². The van der Waals surface area contributed by atoms with Gasteiger partial charge in [0.2, 0.25) is 7.37 Å². The minimum Gasteiger partial charge on any atom is -0.481 e. The van der Waals surface area contributed by atoms with Gasteiger partial charge in [0, 0.05) is 6.16 Å². The predicted molar refractivity (Wildman–Crippen MR) is 125 cm³/mol. The Hall–Kier alpha value is -3.41. The molecule has 8 heteroatoms. The van der Waals surface area contributed by atoms with Gasteiger partial charge in [0.25, 0.3) is 0 Å². The molecule has 7 nitrogen and oxygen atoms in total. The van der Waals surface area contributed by atoms with E-state index < -0.39 is 37.3 Å². The van der Waals surface area contributed by atoms with Crippen molar-refractivity contribution in [2.75, 3.05) is 6.16 Å². The Labute approximate surface area is 192 Å². The largest absolute Gasteiger partial charge is 0.481 e. The van der Waals surface area contributed by atoms with Crippen LogP contribution in [0.4, 0.5) is 4.79 Å². The first-order chi connectivity index (χ1) is 15.8. The zero-order valence-electron chi connectivity index (χ0n) is 17.9. The standard InChI is InChI=1S/C25H26NO6P/c27-24(28)22(16-19-10-4-1-5-11-19)18-33(30,31)23(21-14-8-3-9-15-21)26-25(29)32-17-20-12-6-2-7-13-20/h1-15,22-23H,16-18H2,(H,26,29)(H,27,28)(H,30,31)/t22?,23-/m1/s1. The van der Waals surface area contributed by atoms with Crippen molar-refractivity contribution >= 4 is 19.4 Å². The highest BCUT2D eigenvalue weighted by atomic mass is 31.2. The molecular weight excluding hydrogens is 441 g/mol. The lowest BCUT2D eigenvalue weighted by Crippen LogP contribution is -2.31. The summed E-state index contributed by atoms with van der Waals surface area (Å²) in [6.07, 6.45) is -1.27. The van der Waals surface area contributed by atoms with Gasteiger partial charge in [-0.15, -0.1) is 0 Å². The summed E-state index contributed by atoms with van der Waals surface area (Å²) in [5, 5.41) is 12.2. The van der Waals surface area contributed by atoms with Crippen LogP contribution in [-0.4, -0.2) is 28.2 Å². The molecule has 0 saturated heterocycles. The monoisotopic (exact) mass is 467 g/mol. The number of carboxylic acids is 1. The fourth-order valence-corrected chi connectivity index (χ4v) is 5.55. The molecule has 0 saturated carbocycles. The van der Waals surface area contributed by atoms with Gasteiger partial charge in [-0.2, -0.15) is 0 Å². The van der Waals surface area contributed by atoms with Crippen LogP contribution in [0.25, 0.3) is 0 Å². The van der Waals surface area contributed by atoms with E-state index in [2.05, 4.69) is 5.32 Å². The van der Waals surface area contributed by atoms with Crippen molar-refractivity contribution in [3.8, 4) is 0 Å². The lowest BCUT2D eigenvalue weighted by atomic mass is 10.0. The third kappa shape index (κ3) is 7.31. The molecule has 0 spiro atoms. The van der Waals surface area contributed by atoms with Crippen molar-refractivity contribution in [3.63, 3.8) is 0 Å². The second kappa shape index (κ2) is 11.5. The van der Waals surface area contributed by atoms with Crippen LogP contribution in [0, 0.1) is 5.92 Å². The molecule has 0 bridgehead atoms. The number of alkyl carbamates (subject to hydrolysis) is 1. The zero-order valence-corrected chi connectivity index (χ0v) is 18.8. The molecule has 3 atom stereocenters. The minimum atomic E-state index is -4.21. The quantitative estimate of drug-likeness (QED) is 0.368. The van der Waals surface area contributed by atoms with Crippen molar-refractivity contribution in [2.24, 2.45) is 5.92 Å². The summed E-state index contributed by atoms with van der Waals surface area (Å²) in [6.45, 7) is -0.00429. The lowest BCUT2D eigenvalue weighted by Gasteiger charge is -2.26. The van der Waals surface area contributed by atoms with Crippen molar-refractivity contribution in [1.82, 2.24) is 5.32 Å². The van der Waals surface area contributed by atoms with Crippen molar-refractivity contribution in [3.05, 3.63) is 108 Å². The summed E-state index contributed by atoms with van der Waals surface area (Å²) in [7, 11) is -4.21. The SMILES string of the molecule is O=C(N[C@@H](c1ccccc1)P(=O)(O)CC(Cc1ccccc1)C(=O)O)OCc1ccccc1. The Morgan fingerprint density at radius 3 is 1.91 bits per heavy atom. The minimum absolute atomic E-state index is 0.00429. The second-order valence-electron chi connectivity index (χ2n) is 7.68. The van der Waals surface area contributed by atoms with Crippen LogP contribution in [-0.2, 0) is 27.1 Å². The van der Waals surface area contributed by atoms with Gasteiger partial charge < -0.3 is 20.1 Å². The van der Waals surface area contributed by atoms with E-state index in [0.29, 0.717) is 5.56 Å². The van der Waals surface area contributed by atoms with Gasteiger partial charge in [0.15, 0.2) is 0 Å². The first-order valence-corrected chi connectivity index (χ1v) is 12.4. The molecule has 33 heavy (non-hydrogen) atoms. The van der Waals surface area contributed by atoms with Gasteiger partial charge in [-0.1, -0.05) is 91.0 Å². The van der Waals surface area contributed by atoms with Gasteiger partial charge in [-0.3, -0.25) is 9.36 Å². The van der Waals surface area contributed by atoms with Crippen LogP contribution in [0.5, 0.6) is 0 Å². The van der Waals surface area contributed by atoms with E-state index in [1.54, 1.807) is 66.7 Å². The number of amides is 1. The highest BCUT2D eigenvalue weighted by Gasteiger charge is 2.38. The number of ether oxygens (including phenoxy) is 1. The molecule has 172 valence electrons. The second-order valence-corrected chi connectivity index (χ2v) is 10.1. The van der Waals surface area contributed by atoms with Crippen LogP contribution in [0.15, 0.2) is 91.0 Å². The summed E-state index contributed by atoms with van der Waals surface area (Å²) in [6, 6.07) is 26.3. The Morgan fingerprint density at radius 1 is 0.848 bits per heavy atom. The number of nitrogens with one attached hydrogen (secondary N) is 1. The predicted octanol–water partition coefficient (Wildman–Crippen LogP) is 4.83. The maximum Gasteiger partial charge on any atom is 0.408 e. The molecule has 3 aromatic rings. The molecular formula is C25H26NO6P. The van der Waals surface area contributed by atoms with E-state index >= 15 is 0 Å². The molecule has 0 heterocycles. The first-order valence-electron chi connectivity index (χ1n) is 10.5. The molecule has 0 aliphatic carbocycles.